The van der Waals surface area contributed by atoms with Gasteiger partial charge in [-0.2, -0.15) is 0 Å². The predicted molar refractivity (Wildman–Crippen MR) is 71.8 cm³/mol. The molecule has 1 aromatic carbocycles. The zero-order valence-corrected chi connectivity index (χ0v) is 10.4. The second-order valence-electron chi connectivity index (χ2n) is 5.81. The first-order valence-corrected chi connectivity index (χ1v) is 6.84. The van der Waals surface area contributed by atoms with E-state index in [-0.39, 0.29) is 0 Å². The summed E-state index contributed by atoms with van der Waals surface area (Å²) in [4.78, 5) is 0. The molecule has 0 amide bonds. The van der Waals surface area contributed by atoms with Crippen molar-refractivity contribution in [1.29, 1.82) is 0 Å². The van der Waals surface area contributed by atoms with Crippen LogP contribution in [0.25, 0.3) is 0 Å². The number of nitrogens with two attached hydrogens (primary N) is 1. The average molecular weight is 230 g/mol. The first kappa shape index (κ1) is 11.1. The minimum Gasteiger partial charge on any atom is -0.399 e. The van der Waals surface area contributed by atoms with Crippen molar-refractivity contribution in [2.75, 3.05) is 18.8 Å². The van der Waals surface area contributed by atoms with Crippen molar-refractivity contribution in [2.24, 2.45) is 11.3 Å². The molecule has 0 unspecified atom stereocenters. The number of nitrogen functional groups attached to an aromatic ring is 1. The summed E-state index contributed by atoms with van der Waals surface area (Å²) in [5.41, 5.74) is 8.70. The lowest BCUT2D eigenvalue weighted by molar-refractivity contribution is 0.406. The monoisotopic (exact) mass is 230 g/mol. The van der Waals surface area contributed by atoms with Gasteiger partial charge in [-0.05, 0) is 67.7 Å². The smallest absolute Gasteiger partial charge is 0.0316 e. The maximum atomic E-state index is 5.77. The van der Waals surface area contributed by atoms with Gasteiger partial charge in [0, 0.05) is 12.2 Å². The van der Waals surface area contributed by atoms with Crippen LogP contribution in [0.1, 0.15) is 31.2 Å². The van der Waals surface area contributed by atoms with Gasteiger partial charge in [0.2, 0.25) is 0 Å². The summed E-state index contributed by atoms with van der Waals surface area (Å²) < 4.78 is 0. The lowest BCUT2D eigenvalue weighted by Gasteiger charge is -2.14. The molecule has 0 spiro atoms. The topological polar surface area (TPSA) is 38.0 Å². The molecule has 0 saturated heterocycles. The lowest BCUT2D eigenvalue weighted by atomic mass is 10.0. The van der Waals surface area contributed by atoms with Crippen LogP contribution in [0, 0.1) is 11.3 Å². The second-order valence-corrected chi connectivity index (χ2v) is 5.81. The highest BCUT2D eigenvalue weighted by molar-refractivity contribution is 5.40. The van der Waals surface area contributed by atoms with E-state index >= 15 is 0 Å². The van der Waals surface area contributed by atoms with Gasteiger partial charge < -0.3 is 11.1 Å². The average Bonchev–Trinajstić information content (AvgIpc) is 3.14. The van der Waals surface area contributed by atoms with E-state index in [1.54, 1.807) is 0 Å². The Labute approximate surface area is 104 Å². The third-order valence-electron chi connectivity index (χ3n) is 4.35. The van der Waals surface area contributed by atoms with Gasteiger partial charge in [0.1, 0.15) is 0 Å². The summed E-state index contributed by atoms with van der Waals surface area (Å²) in [7, 11) is 0. The predicted octanol–water partition coefficient (Wildman–Crippen LogP) is 2.59. The molecule has 2 nitrogen and oxygen atoms in total. The maximum Gasteiger partial charge on any atom is 0.0316 e. The Hall–Kier alpha value is -1.02. The molecular weight excluding hydrogens is 208 g/mol. The summed E-state index contributed by atoms with van der Waals surface area (Å²) in [6, 6.07) is 8.22. The summed E-state index contributed by atoms with van der Waals surface area (Å²) in [5, 5.41) is 3.64. The van der Waals surface area contributed by atoms with E-state index in [9.17, 15) is 0 Å². The van der Waals surface area contributed by atoms with Crippen LogP contribution >= 0.6 is 0 Å². The fraction of sp³-hybridized carbons (Fsp3) is 0.600. The van der Waals surface area contributed by atoms with Gasteiger partial charge in [-0.1, -0.05) is 12.1 Å². The molecule has 2 aliphatic carbocycles. The third kappa shape index (κ3) is 2.63. The first-order chi connectivity index (χ1) is 8.28. The van der Waals surface area contributed by atoms with Crippen molar-refractivity contribution in [3.8, 4) is 0 Å². The van der Waals surface area contributed by atoms with Crippen LogP contribution in [0.15, 0.2) is 24.3 Å². The summed E-state index contributed by atoms with van der Waals surface area (Å²) in [6.45, 7) is 2.32. The molecular formula is C15H22N2. The van der Waals surface area contributed by atoms with E-state index in [0.29, 0.717) is 0 Å². The third-order valence-corrected chi connectivity index (χ3v) is 4.35. The summed E-state index contributed by atoms with van der Waals surface area (Å²) in [6.07, 6.45) is 6.98. The van der Waals surface area contributed by atoms with Gasteiger partial charge in [-0.3, -0.25) is 0 Å². The number of benzene rings is 1. The van der Waals surface area contributed by atoms with E-state index in [1.165, 1.54) is 37.8 Å². The fourth-order valence-electron chi connectivity index (χ4n) is 2.90. The van der Waals surface area contributed by atoms with E-state index in [2.05, 4.69) is 17.4 Å². The van der Waals surface area contributed by atoms with Crippen LogP contribution in [-0.4, -0.2) is 13.1 Å². The van der Waals surface area contributed by atoms with Crippen LogP contribution in [0.5, 0.6) is 0 Å². The van der Waals surface area contributed by atoms with E-state index < -0.39 is 0 Å². The number of nitrogens with one attached hydrogen (secondary N) is 1. The Morgan fingerprint density at radius 1 is 1.29 bits per heavy atom. The molecule has 0 radical (unpaired) electrons. The minimum atomic E-state index is 0.718. The highest BCUT2D eigenvalue weighted by atomic mass is 14.9. The Bertz CT molecular complexity index is 392. The number of anilines is 1. The maximum absolute atomic E-state index is 5.77. The van der Waals surface area contributed by atoms with Crippen molar-refractivity contribution >= 4 is 5.69 Å². The Balaban J connectivity index is 1.40. The minimum absolute atomic E-state index is 0.718. The molecule has 2 fully saturated rings. The van der Waals surface area contributed by atoms with Crippen molar-refractivity contribution in [3.05, 3.63) is 29.8 Å². The quantitative estimate of drug-likeness (QED) is 0.582. The van der Waals surface area contributed by atoms with Crippen LogP contribution in [0.4, 0.5) is 5.69 Å². The number of hydrogen-bond acceptors (Lipinski definition) is 2. The van der Waals surface area contributed by atoms with Crippen LogP contribution < -0.4 is 11.1 Å². The standard InChI is InChI=1S/C15H22N2/c16-14-3-1-2-12(10-14)6-9-17-11-15(7-8-15)13-4-5-13/h1-3,10,13,17H,4-9,11,16H2. The molecule has 92 valence electrons. The molecule has 3 N–H and O–H groups in total. The Morgan fingerprint density at radius 2 is 2.12 bits per heavy atom. The van der Waals surface area contributed by atoms with Gasteiger partial charge in [0.05, 0.1) is 0 Å². The molecule has 0 aromatic heterocycles. The molecule has 17 heavy (non-hydrogen) atoms. The molecule has 0 atom stereocenters. The molecule has 2 saturated carbocycles. The van der Waals surface area contributed by atoms with Gasteiger partial charge in [0.25, 0.3) is 0 Å². The van der Waals surface area contributed by atoms with Crippen LogP contribution in [0.2, 0.25) is 0 Å². The molecule has 0 heterocycles. The van der Waals surface area contributed by atoms with Crippen LogP contribution in [-0.2, 0) is 6.42 Å². The normalized spacial score (nSPS) is 21.4. The second kappa shape index (κ2) is 4.34. The van der Waals surface area contributed by atoms with Gasteiger partial charge in [-0.25, -0.2) is 0 Å². The molecule has 3 rings (SSSR count). The molecule has 2 aliphatic rings. The van der Waals surface area contributed by atoms with Crippen molar-refractivity contribution < 1.29 is 0 Å². The summed E-state index contributed by atoms with van der Waals surface area (Å²) in [5.74, 6) is 1.06. The molecule has 2 heteroatoms. The number of rotatable bonds is 6. The van der Waals surface area contributed by atoms with E-state index in [4.69, 9.17) is 5.73 Å². The lowest BCUT2D eigenvalue weighted by Crippen LogP contribution is -2.27. The highest BCUT2D eigenvalue weighted by Crippen LogP contribution is 2.60. The molecule has 0 aliphatic heterocycles. The Kier molecular flexibility index (Phi) is 2.83. The van der Waals surface area contributed by atoms with Gasteiger partial charge in [-0.15, -0.1) is 0 Å². The van der Waals surface area contributed by atoms with Gasteiger partial charge >= 0.3 is 0 Å². The van der Waals surface area contributed by atoms with Crippen molar-refractivity contribution in [3.63, 3.8) is 0 Å². The van der Waals surface area contributed by atoms with Crippen molar-refractivity contribution in [2.45, 2.75) is 32.1 Å². The highest BCUT2D eigenvalue weighted by Gasteiger charge is 2.52. The summed E-state index contributed by atoms with van der Waals surface area (Å²) >= 11 is 0. The van der Waals surface area contributed by atoms with Crippen LogP contribution in [0.3, 0.4) is 0 Å². The van der Waals surface area contributed by atoms with E-state index in [1.807, 2.05) is 12.1 Å². The SMILES string of the molecule is Nc1cccc(CCNCC2(C3CC3)CC2)c1. The zero-order chi connectivity index (χ0) is 11.7. The molecule has 0 bridgehead atoms. The van der Waals surface area contributed by atoms with Gasteiger partial charge in [0.15, 0.2) is 0 Å². The van der Waals surface area contributed by atoms with Crippen molar-refractivity contribution in [1.82, 2.24) is 5.32 Å². The largest absolute Gasteiger partial charge is 0.399 e. The number of hydrogen-bond donors (Lipinski definition) is 2. The van der Waals surface area contributed by atoms with E-state index in [0.717, 1.165) is 30.0 Å². The molecule has 1 aromatic rings. The zero-order valence-electron chi connectivity index (χ0n) is 10.4. The fourth-order valence-corrected chi connectivity index (χ4v) is 2.90. The Morgan fingerprint density at radius 3 is 2.76 bits per heavy atom. The first-order valence-electron chi connectivity index (χ1n) is 6.84.